The van der Waals surface area contributed by atoms with Crippen molar-refractivity contribution in [2.24, 2.45) is 0 Å². The van der Waals surface area contributed by atoms with Crippen LogP contribution in [0.25, 0.3) is 0 Å². The van der Waals surface area contributed by atoms with E-state index in [1.54, 1.807) is 0 Å². The molecule has 1 aromatic heterocycles. The number of fused-ring (bicyclic) bond motifs is 1. The van der Waals surface area contributed by atoms with Gasteiger partial charge in [0.2, 0.25) is 0 Å². The Labute approximate surface area is 101 Å². The standard InChI is InChI=1S/C14H15N3/c15-13-6-3-4-11-7-9-17(14(11)13)10-12-5-1-2-8-16-12/h1-6,8H,7,9-10,15H2. The highest BCUT2D eigenvalue weighted by atomic mass is 15.2. The molecule has 2 aromatic rings. The van der Waals surface area contributed by atoms with Gasteiger partial charge in [-0.3, -0.25) is 4.98 Å². The largest absolute Gasteiger partial charge is 0.397 e. The Hall–Kier alpha value is -2.03. The zero-order chi connectivity index (χ0) is 11.7. The van der Waals surface area contributed by atoms with Crippen molar-refractivity contribution in [1.29, 1.82) is 0 Å². The molecule has 17 heavy (non-hydrogen) atoms. The van der Waals surface area contributed by atoms with Gasteiger partial charge in [-0.1, -0.05) is 18.2 Å². The second-order valence-corrected chi connectivity index (χ2v) is 4.35. The lowest BCUT2D eigenvalue weighted by atomic mass is 10.1. The van der Waals surface area contributed by atoms with Crippen LogP contribution in [0, 0.1) is 0 Å². The summed E-state index contributed by atoms with van der Waals surface area (Å²) in [5.41, 5.74) is 10.6. The number of aromatic nitrogens is 1. The molecular formula is C14H15N3. The molecule has 3 rings (SSSR count). The van der Waals surface area contributed by atoms with E-state index in [1.807, 2.05) is 30.5 Å². The predicted octanol–water partition coefficient (Wildman–Crippen LogP) is 2.23. The van der Waals surface area contributed by atoms with Crippen LogP contribution in [0.1, 0.15) is 11.3 Å². The maximum absolute atomic E-state index is 6.05. The first-order chi connectivity index (χ1) is 8.34. The van der Waals surface area contributed by atoms with Crippen LogP contribution < -0.4 is 10.6 Å². The number of nitrogens with two attached hydrogens (primary N) is 1. The summed E-state index contributed by atoms with van der Waals surface area (Å²) < 4.78 is 0. The van der Waals surface area contributed by atoms with Crippen LogP contribution in [-0.2, 0) is 13.0 Å². The zero-order valence-electron chi connectivity index (χ0n) is 9.63. The molecule has 3 heteroatoms. The molecule has 0 saturated heterocycles. The molecular weight excluding hydrogens is 210 g/mol. The Morgan fingerprint density at radius 3 is 2.94 bits per heavy atom. The second-order valence-electron chi connectivity index (χ2n) is 4.35. The number of nitrogen functional groups attached to an aromatic ring is 1. The van der Waals surface area contributed by atoms with Crippen molar-refractivity contribution in [3.63, 3.8) is 0 Å². The monoisotopic (exact) mass is 225 g/mol. The quantitative estimate of drug-likeness (QED) is 0.797. The molecule has 0 amide bonds. The molecule has 0 saturated carbocycles. The van der Waals surface area contributed by atoms with E-state index in [0.717, 1.165) is 30.9 Å². The summed E-state index contributed by atoms with van der Waals surface area (Å²) in [5, 5.41) is 0. The van der Waals surface area contributed by atoms with E-state index in [-0.39, 0.29) is 0 Å². The van der Waals surface area contributed by atoms with E-state index >= 15 is 0 Å². The summed E-state index contributed by atoms with van der Waals surface area (Å²) in [6, 6.07) is 12.2. The second kappa shape index (κ2) is 4.09. The average Bonchev–Trinajstić information content (AvgIpc) is 2.75. The van der Waals surface area contributed by atoms with Gasteiger partial charge in [0.25, 0.3) is 0 Å². The number of pyridine rings is 1. The van der Waals surface area contributed by atoms with Crippen LogP contribution in [-0.4, -0.2) is 11.5 Å². The normalized spacial score (nSPS) is 13.8. The SMILES string of the molecule is Nc1cccc2c1N(Cc1ccccn1)CC2. The van der Waals surface area contributed by atoms with Crippen LogP contribution in [0.3, 0.4) is 0 Å². The van der Waals surface area contributed by atoms with Crippen LogP contribution in [0.15, 0.2) is 42.6 Å². The van der Waals surface area contributed by atoms with Gasteiger partial charge in [0.15, 0.2) is 0 Å². The summed E-state index contributed by atoms with van der Waals surface area (Å²) in [7, 11) is 0. The van der Waals surface area contributed by atoms with E-state index in [2.05, 4.69) is 22.0 Å². The fourth-order valence-electron chi connectivity index (χ4n) is 2.41. The van der Waals surface area contributed by atoms with Crippen LogP contribution in [0.5, 0.6) is 0 Å². The molecule has 1 aromatic carbocycles. The Morgan fingerprint density at radius 1 is 1.18 bits per heavy atom. The van der Waals surface area contributed by atoms with Crippen LogP contribution in [0.2, 0.25) is 0 Å². The molecule has 0 radical (unpaired) electrons. The molecule has 0 bridgehead atoms. The third-order valence-electron chi connectivity index (χ3n) is 3.20. The Balaban J connectivity index is 1.89. The lowest BCUT2D eigenvalue weighted by Gasteiger charge is -2.20. The van der Waals surface area contributed by atoms with Crippen molar-refractivity contribution in [2.45, 2.75) is 13.0 Å². The van der Waals surface area contributed by atoms with E-state index in [1.165, 1.54) is 11.3 Å². The highest BCUT2D eigenvalue weighted by Crippen LogP contribution is 2.34. The smallest absolute Gasteiger partial charge is 0.0636 e. The molecule has 1 aliphatic heterocycles. The number of hydrogen-bond acceptors (Lipinski definition) is 3. The van der Waals surface area contributed by atoms with Gasteiger partial charge in [-0.15, -0.1) is 0 Å². The van der Waals surface area contributed by atoms with E-state index in [9.17, 15) is 0 Å². The molecule has 86 valence electrons. The highest BCUT2D eigenvalue weighted by Gasteiger charge is 2.21. The van der Waals surface area contributed by atoms with Crippen molar-refractivity contribution in [2.75, 3.05) is 17.2 Å². The van der Waals surface area contributed by atoms with Gasteiger partial charge in [0.1, 0.15) is 0 Å². The number of rotatable bonds is 2. The molecule has 0 aliphatic carbocycles. The summed E-state index contributed by atoms with van der Waals surface area (Å²) in [6.07, 6.45) is 2.91. The van der Waals surface area contributed by atoms with Gasteiger partial charge in [0.05, 0.1) is 23.6 Å². The minimum atomic E-state index is 0.835. The molecule has 1 aliphatic rings. The highest BCUT2D eigenvalue weighted by molar-refractivity contribution is 5.74. The summed E-state index contributed by atoms with van der Waals surface area (Å²) in [4.78, 5) is 6.67. The van der Waals surface area contributed by atoms with Crippen LogP contribution >= 0.6 is 0 Å². The number of para-hydroxylation sites is 1. The summed E-state index contributed by atoms with van der Waals surface area (Å²) >= 11 is 0. The molecule has 2 heterocycles. The van der Waals surface area contributed by atoms with Gasteiger partial charge in [0, 0.05) is 12.7 Å². The lowest BCUT2D eigenvalue weighted by Crippen LogP contribution is -2.21. The first-order valence-corrected chi connectivity index (χ1v) is 5.87. The van der Waals surface area contributed by atoms with E-state index in [0.29, 0.717) is 0 Å². The Kier molecular flexibility index (Phi) is 2.44. The van der Waals surface area contributed by atoms with Crippen molar-refractivity contribution in [3.8, 4) is 0 Å². The topological polar surface area (TPSA) is 42.1 Å². The average molecular weight is 225 g/mol. The summed E-state index contributed by atoms with van der Waals surface area (Å²) in [5.74, 6) is 0. The van der Waals surface area contributed by atoms with Crippen molar-refractivity contribution in [3.05, 3.63) is 53.9 Å². The van der Waals surface area contributed by atoms with Crippen molar-refractivity contribution in [1.82, 2.24) is 4.98 Å². The third kappa shape index (κ3) is 1.84. The fraction of sp³-hybridized carbons (Fsp3) is 0.214. The maximum atomic E-state index is 6.05. The molecule has 3 nitrogen and oxygen atoms in total. The fourth-order valence-corrected chi connectivity index (χ4v) is 2.41. The number of hydrogen-bond donors (Lipinski definition) is 1. The molecule has 0 fully saturated rings. The van der Waals surface area contributed by atoms with Gasteiger partial charge in [-0.2, -0.15) is 0 Å². The van der Waals surface area contributed by atoms with Crippen molar-refractivity contribution < 1.29 is 0 Å². The predicted molar refractivity (Wildman–Crippen MR) is 69.8 cm³/mol. The first-order valence-electron chi connectivity index (χ1n) is 5.87. The number of anilines is 2. The van der Waals surface area contributed by atoms with E-state index < -0.39 is 0 Å². The summed E-state index contributed by atoms with van der Waals surface area (Å²) in [6.45, 7) is 1.86. The Bertz CT molecular complexity index is 522. The van der Waals surface area contributed by atoms with Crippen LogP contribution in [0.4, 0.5) is 11.4 Å². The molecule has 0 unspecified atom stereocenters. The Morgan fingerprint density at radius 2 is 2.12 bits per heavy atom. The number of nitrogens with zero attached hydrogens (tertiary/aromatic N) is 2. The van der Waals surface area contributed by atoms with Gasteiger partial charge in [-0.05, 0) is 30.2 Å². The zero-order valence-corrected chi connectivity index (χ0v) is 9.63. The molecule has 2 N–H and O–H groups in total. The van der Waals surface area contributed by atoms with Crippen molar-refractivity contribution >= 4 is 11.4 Å². The maximum Gasteiger partial charge on any atom is 0.0636 e. The molecule has 0 spiro atoms. The van der Waals surface area contributed by atoms with Gasteiger partial charge < -0.3 is 10.6 Å². The van der Waals surface area contributed by atoms with E-state index in [4.69, 9.17) is 5.73 Å². The lowest BCUT2D eigenvalue weighted by molar-refractivity contribution is 0.815. The van der Waals surface area contributed by atoms with Gasteiger partial charge in [-0.25, -0.2) is 0 Å². The first kappa shape index (κ1) is 10.1. The minimum absolute atomic E-state index is 0.835. The van der Waals surface area contributed by atoms with Gasteiger partial charge >= 0.3 is 0 Å². The third-order valence-corrected chi connectivity index (χ3v) is 3.20. The number of benzene rings is 1. The minimum Gasteiger partial charge on any atom is -0.397 e. The molecule has 0 atom stereocenters.